The molecule has 7 nitrogen and oxygen atoms in total. The molecule has 4 rings (SSSR count). The lowest BCUT2D eigenvalue weighted by molar-refractivity contribution is -0.122. The van der Waals surface area contributed by atoms with Crippen LogP contribution in [0.5, 0.6) is 0 Å². The lowest BCUT2D eigenvalue weighted by Crippen LogP contribution is -2.48. The van der Waals surface area contributed by atoms with Gasteiger partial charge in [0, 0.05) is 4.47 Å². The third-order valence-electron chi connectivity index (χ3n) is 4.22. The molecular formula is C19H15BrN4O3S2. The molecule has 1 atom stereocenters. The minimum absolute atomic E-state index is 0.0137. The number of carbonyl (C=O) groups is 3. The molecule has 1 aliphatic rings. The van der Waals surface area contributed by atoms with E-state index in [0.717, 1.165) is 23.9 Å². The number of fused-ring (bicyclic) bond motifs is 1. The number of thiazole rings is 1. The number of imide groups is 1. The molecule has 1 saturated heterocycles. The zero-order valence-electron chi connectivity index (χ0n) is 14.9. The van der Waals surface area contributed by atoms with Crippen LogP contribution < -0.4 is 15.8 Å². The molecular weight excluding hydrogens is 476 g/mol. The summed E-state index contributed by atoms with van der Waals surface area (Å²) in [5, 5.41) is 0. The molecule has 3 aromatic rings. The molecule has 0 saturated carbocycles. The second-order valence-electron chi connectivity index (χ2n) is 6.23. The first-order valence-corrected chi connectivity index (χ1v) is 11.3. The van der Waals surface area contributed by atoms with E-state index in [1.807, 2.05) is 24.3 Å². The Kier molecular flexibility index (Phi) is 5.95. The van der Waals surface area contributed by atoms with E-state index in [1.165, 1.54) is 23.1 Å². The van der Waals surface area contributed by atoms with E-state index in [1.54, 1.807) is 24.3 Å². The van der Waals surface area contributed by atoms with Gasteiger partial charge in [-0.05, 0) is 36.4 Å². The van der Waals surface area contributed by atoms with Crippen LogP contribution in [0.4, 0.5) is 5.69 Å². The van der Waals surface area contributed by atoms with Gasteiger partial charge in [0.1, 0.15) is 6.04 Å². The fraction of sp³-hybridized carbons (Fsp3) is 0.158. The van der Waals surface area contributed by atoms with Crippen LogP contribution in [-0.2, 0) is 14.4 Å². The first kappa shape index (κ1) is 20.0. The van der Waals surface area contributed by atoms with Crippen LogP contribution in [-0.4, -0.2) is 34.5 Å². The number of nitrogens with zero attached hydrogens (tertiary/aromatic N) is 2. The Balaban J connectivity index is 1.30. The van der Waals surface area contributed by atoms with Gasteiger partial charge in [0.25, 0.3) is 5.91 Å². The molecule has 2 N–H and O–H groups in total. The molecule has 0 radical (unpaired) electrons. The number of anilines is 1. The van der Waals surface area contributed by atoms with Crippen LogP contribution in [0.3, 0.4) is 0 Å². The van der Waals surface area contributed by atoms with Crippen LogP contribution in [0.15, 0.2) is 57.3 Å². The Labute approximate surface area is 183 Å². The van der Waals surface area contributed by atoms with Gasteiger partial charge < -0.3 is 0 Å². The van der Waals surface area contributed by atoms with E-state index < -0.39 is 11.9 Å². The summed E-state index contributed by atoms with van der Waals surface area (Å²) >= 11 is 6.17. The maximum Gasteiger partial charge on any atom is 0.253 e. The number of hydrogen-bond acceptors (Lipinski definition) is 7. The largest absolute Gasteiger partial charge is 0.290 e. The van der Waals surface area contributed by atoms with Gasteiger partial charge in [0.2, 0.25) is 11.8 Å². The highest BCUT2D eigenvalue weighted by atomic mass is 79.9. The summed E-state index contributed by atoms with van der Waals surface area (Å²) in [7, 11) is 0. The maximum absolute atomic E-state index is 12.6. The first-order chi connectivity index (χ1) is 14.0. The van der Waals surface area contributed by atoms with E-state index in [4.69, 9.17) is 0 Å². The Morgan fingerprint density at radius 1 is 1.21 bits per heavy atom. The fourth-order valence-electron chi connectivity index (χ4n) is 2.85. The van der Waals surface area contributed by atoms with E-state index in [9.17, 15) is 14.4 Å². The summed E-state index contributed by atoms with van der Waals surface area (Å²) in [6.45, 7) is 0. The Morgan fingerprint density at radius 2 is 1.97 bits per heavy atom. The van der Waals surface area contributed by atoms with Crippen molar-refractivity contribution < 1.29 is 14.4 Å². The number of halogens is 1. The molecule has 1 fully saturated rings. The predicted octanol–water partition coefficient (Wildman–Crippen LogP) is 3.10. The average Bonchev–Trinajstić information content (AvgIpc) is 3.25. The zero-order valence-corrected chi connectivity index (χ0v) is 18.1. The minimum Gasteiger partial charge on any atom is -0.290 e. The van der Waals surface area contributed by atoms with Crippen LogP contribution in [0.2, 0.25) is 0 Å². The molecule has 10 heteroatoms. The van der Waals surface area contributed by atoms with Gasteiger partial charge in [0.15, 0.2) is 4.34 Å². The SMILES string of the molecule is O=C(CSc1nc2ccccc2s1)NN[C@@H]1CC(=O)N(c2ccc(Br)cc2)C1=O. The van der Waals surface area contributed by atoms with Gasteiger partial charge in [-0.2, -0.15) is 0 Å². The van der Waals surface area contributed by atoms with Gasteiger partial charge in [0.05, 0.1) is 28.1 Å². The van der Waals surface area contributed by atoms with Crippen molar-refractivity contribution in [3.05, 3.63) is 53.0 Å². The molecule has 0 aliphatic carbocycles. The maximum atomic E-state index is 12.6. The summed E-state index contributed by atoms with van der Waals surface area (Å²) in [5.41, 5.74) is 6.61. The lowest BCUT2D eigenvalue weighted by Gasteiger charge is -2.16. The Morgan fingerprint density at radius 3 is 2.72 bits per heavy atom. The van der Waals surface area contributed by atoms with E-state index >= 15 is 0 Å². The summed E-state index contributed by atoms with van der Waals surface area (Å²) in [6, 6.07) is 13.9. The molecule has 2 aromatic carbocycles. The molecule has 1 aromatic heterocycles. The van der Waals surface area contributed by atoms with Gasteiger partial charge in [-0.3, -0.25) is 19.8 Å². The third-order valence-corrected chi connectivity index (χ3v) is 6.93. The number of amides is 3. The van der Waals surface area contributed by atoms with E-state index in [-0.39, 0.29) is 24.0 Å². The molecule has 29 heavy (non-hydrogen) atoms. The normalized spacial score (nSPS) is 16.6. The number of aromatic nitrogens is 1. The average molecular weight is 491 g/mol. The second kappa shape index (κ2) is 8.62. The number of thioether (sulfide) groups is 1. The van der Waals surface area contributed by atoms with Crippen molar-refractivity contribution in [1.29, 1.82) is 0 Å². The summed E-state index contributed by atoms with van der Waals surface area (Å²) in [4.78, 5) is 42.5. The highest BCUT2D eigenvalue weighted by Crippen LogP contribution is 2.29. The molecule has 148 valence electrons. The summed E-state index contributed by atoms with van der Waals surface area (Å²) < 4.78 is 2.72. The monoisotopic (exact) mass is 490 g/mol. The number of hydrazine groups is 1. The molecule has 3 amide bonds. The number of benzene rings is 2. The number of nitrogens with one attached hydrogen (secondary N) is 2. The Bertz CT molecular complexity index is 1050. The highest BCUT2D eigenvalue weighted by Gasteiger charge is 2.39. The van der Waals surface area contributed by atoms with Crippen molar-refractivity contribution in [1.82, 2.24) is 15.8 Å². The van der Waals surface area contributed by atoms with Gasteiger partial charge in [-0.25, -0.2) is 15.3 Å². The van der Waals surface area contributed by atoms with Crippen molar-refractivity contribution in [3.63, 3.8) is 0 Å². The number of rotatable bonds is 6. The molecule has 1 aliphatic heterocycles. The van der Waals surface area contributed by atoms with Crippen molar-refractivity contribution >= 4 is 72.7 Å². The van der Waals surface area contributed by atoms with E-state index in [2.05, 4.69) is 31.8 Å². The van der Waals surface area contributed by atoms with Crippen LogP contribution in [0, 0.1) is 0 Å². The predicted molar refractivity (Wildman–Crippen MR) is 117 cm³/mol. The Hall–Kier alpha value is -2.27. The quantitative estimate of drug-likeness (QED) is 0.313. The number of hydrogen-bond donors (Lipinski definition) is 2. The lowest BCUT2D eigenvalue weighted by atomic mass is 10.2. The highest BCUT2D eigenvalue weighted by molar-refractivity contribution is 9.10. The smallest absolute Gasteiger partial charge is 0.253 e. The second-order valence-corrected chi connectivity index (χ2v) is 9.40. The fourth-order valence-corrected chi connectivity index (χ4v) is 4.98. The number of carbonyl (C=O) groups excluding carboxylic acids is 3. The minimum atomic E-state index is -0.789. The molecule has 0 bridgehead atoms. The van der Waals surface area contributed by atoms with Crippen molar-refractivity contribution in [3.8, 4) is 0 Å². The third kappa shape index (κ3) is 4.50. The van der Waals surface area contributed by atoms with Crippen LogP contribution in [0.1, 0.15) is 6.42 Å². The van der Waals surface area contributed by atoms with Gasteiger partial charge >= 0.3 is 0 Å². The topological polar surface area (TPSA) is 91.4 Å². The zero-order chi connectivity index (χ0) is 20.4. The molecule has 0 unspecified atom stereocenters. The summed E-state index contributed by atoms with van der Waals surface area (Å²) in [5.74, 6) is -0.848. The van der Waals surface area contributed by atoms with E-state index in [0.29, 0.717) is 5.69 Å². The van der Waals surface area contributed by atoms with Crippen LogP contribution in [0.25, 0.3) is 10.2 Å². The van der Waals surface area contributed by atoms with Crippen molar-refractivity contribution in [2.75, 3.05) is 10.7 Å². The summed E-state index contributed by atoms with van der Waals surface area (Å²) in [6.07, 6.45) is -0.0137. The molecule has 0 spiro atoms. The standard InChI is InChI=1S/C19H15BrN4O3S2/c20-11-5-7-12(8-6-11)24-17(26)9-14(18(24)27)22-23-16(25)10-28-19-21-13-3-1-2-4-15(13)29-19/h1-8,14,22H,9-10H2,(H,23,25)/t14-/m1/s1. The van der Waals surface area contributed by atoms with Gasteiger partial charge in [-0.1, -0.05) is 39.8 Å². The van der Waals surface area contributed by atoms with Crippen molar-refractivity contribution in [2.45, 2.75) is 16.8 Å². The van der Waals surface area contributed by atoms with Crippen molar-refractivity contribution in [2.24, 2.45) is 0 Å². The molecule has 2 heterocycles. The van der Waals surface area contributed by atoms with Crippen LogP contribution >= 0.6 is 39.0 Å². The first-order valence-electron chi connectivity index (χ1n) is 8.66. The number of para-hydroxylation sites is 1. The van der Waals surface area contributed by atoms with Gasteiger partial charge in [-0.15, -0.1) is 11.3 Å².